The van der Waals surface area contributed by atoms with Crippen LogP contribution in [0, 0.1) is 0 Å². The Bertz CT molecular complexity index is 1320. The van der Waals surface area contributed by atoms with Gasteiger partial charge in [-0.2, -0.15) is 0 Å². The van der Waals surface area contributed by atoms with Crippen molar-refractivity contribution in [2.75, 3.05) is 4.90 Å². The van der Waals surface area contributed by atoms with Gasteiger partial charge in [-0.25, -0.2) is 0 Å². The average Bonchev–Trinajstić information content (AvgIpc) is 3.24. The molecule has 146 valence electrons. The maximum atomic E-state index is 13.5. The monoisotopic (exact) mass is 393 g/mol. The Hall–Kier alpha value is -4.12. The predicted octanol–water partition coefficient (Wildman–Crippen LogP) is 4.35. The Kier molecular flexibility index (Phi) is 4.21. The van der Waals surface area contributed by atoms with Crippen molar-refractivity contribution in [3.05, 3.63) is 96.2 Å². The Morgan fingerprint density at radius 1 is 0.900 bits per heavy atom. The van der Waals surface area contributed by atoms with Crippen LogP contribution in [0.3, 0.4) is 0 Å². The maximum absolute atomic E-state index is 13.5. The second-order valence-electron chi connectivity index (χ2n) is 7.25. The van der Waals surface area contributed by atoms with Gasteiger partial charge in [0.1, 0.15) is 6.54 Å². The van der Waals surface area contributed by atoms with E-state index in [1.165, 1.54) is 0 Å². The average molecular weight is 393 g/mol. The van der Waals surface area contributed by atoms with Crippen LogP contribution in [0.4, 0.5) is 11.4 Å². The van der Waals surface area contributed by atoms with Crippen LogP contribution in [0.25, 0.3) is 22.6 Å². The fourth-order valence-electron chi connectivity index (χ4n) is 4.06. The van der Waals surface area contributed by atoms with Gasteiger partial charge in [-0.1, -0.05) is 54.6 Å². The second-order valence-corrected chi connectivity index (χ2v) is 7.25. The maximum Gasteiger partial charge on any atom is 0.263 e. The molecule has 2 heterocycles. The molecule has 2 N–H and O–H groups in total. The van der Waals surface area contributed by atoms with Crippen molar-refractivity contribution in [2.45, 2.75) is 6.54 Å². The summed E-state index contributed by atoms with van der Waals surface area (Å²) in [5.41, 5.74) is 10.4. The summed E-state index contributed by atoms with van der Waals surface area (Å²) < 4.78 is 1.82. The number of nitrogens with zero attached hydrogens (tertiary/aromatic N) is 2. The van der Waals surface area contributed by atoms with Gasteiger partial charge in [-0.3, -0.25) is 14.5 Å². The Morgan fingerprint density at radius 3 is 2.40 bits per heavy atom. The number of anilines is 2. The lowest BCUT2D eigenvalue weighted by Gasteiger charge is -2.16. The normalized spacial score (nSPS) is 14.5. The molecule has 5 heteroatoms. The zero-order valence-electron chi connectivity index (χ0n) is 16.2. The minimum atomic E-state index is -0.410. The van der Waals surface area contributed by atoms with Gasteiger partial charge in [0.25, 0.3) is 5.91 Å². The number of benzene rings is 3. The van der Waals surface area contributed by atoms with Gasteiger partial charge in [-0.05, 0) is 30.3 Å². The van der Waals surface area contributed by atoms with Crippen LogP contribution >= 0.6 is 0 Å². The van der Waals surface area contributed by atoms with Crippen LogP contribution in [0.1, 0.15) is 11.1 Å². The van der Waals surface area contributed by atoms with Crippen molar-refractivity contribution in [3.63, 3.8) is 0 Å². The van der Waals surface area contributed by atoms with Crippen LogP contribution in [0.15, 0.2) is 85.1 Å². The van der Waals surface area contributed by atoms with Crippen molar-refractivity contribution >= 4 is 45.7 Å². The third-order valence-corrected chi connectivity index (χ3v) is 5.33. The molecule has 0 aliphatic carbocycles. The summed E-state index contributed by atoms with van der Waals surface area (Å²) in [6, 6.07) is 25.2. The predicted molar refractivity (Wildman–Crippen MR) is 119 cm³/mol. The number of hydrogen-bond acceptors (Lipinski definition) is 2. The quantitative estimate of drug-likeness (QED) is 0.524. The van der Waals surface area contributed by atoms with Crippen molar-refractivity contribution in [2.24, 2.45) is 5.73 Å². The van der Waals surface area contributed by atoms with E-state index in [0.717, 1.165) is 33.4 Å². The number of carbonyl (C=O) groups excluding carboxylic acids is 2. The molecule has 0 radical (unpaired) electrons. The van der Waals surface area contributed by atoms with Gasteiger partial charge < -0.3 is 10.3 Å². The first-order valence-electron chi connectivity index (χ1n) is 9.70. The van der Waals surface area contributed by atoms with Gasteiger partial charge in [0.2, 0.25) is 5.91 Å². The molecule has 0 atom stereocenters. The van der Waals surface area contributed by atoms with Gasteiger partial charge in [0, 0.05) is 33.9 Å². The zero-order chi connectivity index (χ0) is 20.7. The topological polar surface area (TPSA) is 68.3 Å². The molecule has 0 bridgehead atoms. The standard InChI is InChI=1S/C25H19N3O2/c26-24(29)16-27-15-17(19-10-4-6-12-22(19)27)14-21-20-11-5-7-13-23(20)28(25(21)30)18-8-2-1-3-9-18/h1-15H,16H2,(H2,26,29)/b21-14+. The minimum absolute atomic E-state index is 0.0749. The number of amides is 2. The van der Waals surface area contributed by atoms with E-state index < -0.39 is 5.91 Å². The molecule has 0 saturated heterocycles. The molecule has 0 fully saturated rings. The molecule has 3 aromatic carbocycles. The highest BCUT2D eigenvalue weighted by Crippen LogP contribution is 2.42. The van der Waals surface area contributed by atoms with E-state index in [1.807, 2.05) is 95.7 Å². The molecular formula is C25H19N3O2. The third kappa shape index (κ3) is 2.88. The molecule has 5 rings (SSSR count). The highest BCUT2D eigenvalue weighted by atomic mass is 16.2. The van der Waals surface area contributed by atoms with Crippen LogP contribution in [-0.2, 0) is 16.1 Å². The van der Waals surface area contributed by atoms with Crippen molar-refractivity contribution in [1.82, 2.24) is 4.57 Å². The first-order valence-corrected chi connectivity index (χ1v) is 9.70. The number of nitrogens with two attached hydrogens (primary N) is 1. The minimum Gasteiger partial charge on any atom is -0.368 e. The van der Waals surface area contributed by atoms with Gasteiger partial charge >= 0.3 is 0 Å². The van der Waals surface area contributed by atoms with Crippen LogP contribution in [0.5, 0.6) is 0 Å². The van der Waals surface area contributed by atoms with Crippen molar-refractivity contribution < 1.29 is 9.59 Å². The Labute approximate surface area is 173 Å². The summed E-state index contributed by atoms with van der Waals surface area (Å²) in [6.45, 7) is 0.0877. The summed E-state index contributed by atoms with van der Waals surface area (Å²) in [5, 5.41) is 0.967. The molecule has 0 saturated carbocycles. The van der Waals surface area contributed by atoms with Gasteiger partial charge in [0.15, 0.2) is 0 Å². The van der Waals surface area contributed by atoms with E-state index in [2.05, 4.69) is 0 Å². The molecule has 0 spiro atoms. The number of carbonyl (C=O) groups is 2. The molecule has 1 aliphatic heterocycles. The fourth-order valence-corrected chi connectivity index (χ4v) is 4.06. The summed E-state index contributed by atoms with van der Waals surface area (Å²) in [6.07, 6.45) is 3.79. The van der Waals surface area contributed by atoms with E-state index in [4.69, 9.17) is 5.73 Å². The van der Waals surface area contributed by atoms with Gasteiger partial charge in [0.05, 0.1) is 11.3 Å². The van der Waals surface area contributed by atoms with Crippen molar-refractivity contribution in [3.8, 4) is 0 Å². The molecule has 1 aromatic heterocycles. The number of rotatable bonds is 4. The van der Waals surface area contributed by atoms with E-state index in [0.29, 0.717) is 5.57 Å². The number of hydrogen-bond donors (Lipinski definition) is 1. The van der Waals surface area contributed by atoms with Crippen LogP contribution in [0.2, 0.25) is 0 Å². The second kappa shape index (κ2) is 7.04. The number of para-hydroxylation sites is 3. The first kappa shape index (κ1) is 17.9. The summed E-state index contributed by atoms with van der Waals surface area (Å²) in [4.78, 5) is 26.7. The van der Waals surface area contributed by atoms with E-state index in [9.17, 15) is 9.59 Å². The largest absolute Gasteiger partial charge is 0.368 e. The molecular weight excluding hydrogens is 374 g/mol. The lowest BCUT2D eigenvalue weighted by Crippen LogP contribution is -2.20. The number of primary amides is 1. The fraction of sp³-hybridized carbons (Fsp3) is 0.0400. The molecule has 30 heavy (non-hydrogen) atoms. The Morgan fingerprint density at radius 2 is 1.60 bits per heavy atom. The molecule has 0 unspecified atom stereocenters. The molecule has 4 aromatic rings. The summed E-state index contributed by atoms with van der Waals surface area (Å²) in [7, 11) is 0. The SMILES string of the molecule is NC(=O)Cn1cc(/C=C2/C(=O)N(c3ccccc3)c3ccccc32)c2ccccc21. The third-order valence-electron chi connectivity index (χ3n) is 5.33. The van der Waals surface area contributed by atoms with Crippen molar-refractivity contribution in [1.29, 1.82) is 0 Å². The molecule has 5 nitrogen and oxygen atoms in total. The van der Waals surface area contributed by atoms with Crippen LogP contribution < -0.4 is 10.6 Å². The lowest BCUT2D eigenvalue weighted by molar-refractivity contribution is -0.118. The zero-order valence-corrected chi connectivity index (χ0v) is 16.2. The van der Waals surface area contributed by atoms with E-state index in [1.54, 1.807) is 4.90 Å². The smallest absolute Gasteiger partial charge is 0.263 e. The summed E-state index contributed by atoms with van der Waals surface area (Å²) in [5.74, 6) is -0.485. The van der Waals surface area contributed by atoms with Gasteiger partial charge in [-0.15, -0.1) is 0 Å². The molecule has 1 aliphatic rings. The number of aromatic nitrogens is 1. The highest BCUT2D eigenvalue weighted by Gasteiger charge is 2.33. The van der Waals surface area contributed by atoms with E-state index >= 15 is 0 Å². The van der Waals surface area contributed by atoms with Crippen LogP contribution in [-0.4, -0.2) is 16.4 Å². The first-order chi connectivity index (χ1) is 14.6. The lowest BCUT2D eigenvalue weighted by atomic mass is 10.0. The number of fused-ring (bicyclic) bond motifs is 2. The highest BCUT2D eigenvalue weighted by molar-refractivity contribution is 6.38. The molecule has 2 amide bonds. The van der Waals surface area contributed by atoms with E-state index in [-0.39, 0.29) is 12.5 Å². The summed E-state index contributed by atoms with van der Waals surface area (Å²) >= 11 is 0. The Balaban J connectivity index is 1.68.